The van der Waals surface area contributed by atoms with E-state index in [1.807, 2.05) is 66.7 Å². The number of hydrogen-bond donors (Lipinski definition) is 2. The molecule has 0 amide bonds. The Hall–Kier alpha value is -3.06. The van der Waals surface area contributed by atoms with E-state index >= 15 is 0 Å². The molecule has 7 heteroatoms. The third kappa shape index (κ3) is 5.20. The van der Waals surface area contributed by atoms with E-state index in [1.54, 1.807) is 12.1 Å². The van der Waals surface area contributed by atoms with Gasteiger partial charge in [-0.15, -0.1) is 12.4 Å². The van der Waals surface area contributed by atoms with Crippen molar-refractivity contribution in [3.8, 4) is 0 Å². The zero-order valence-corrected chi connectivity index (χ0v) is 20.4. The van der Waals surface area contributed by atoms with Crippen molar-refractivity contribution in [1.82, 2.24) is 5.32 Å². The van der Waals surface area contributed by atoms with Gasteiger partial charge in [-0.05, 0) is 41.8 Å². The van der Waals surface area contributed by atoms with Crippen LogP contribution in [-0.2, 0) is 16.4 Å². The molecule has 0 unspecified atom stereocenters. The lowest BCUT2D eigenvalue weighted by Crippen LogP contribution is -2.43. The van der Waals surface area contributed by atoms with Gasteiger partial charge in [0, 0.05) is 48.3 Å². The fourth-order valence-electron chi connectivity index (χ4n) is 4.46. The van der Waals surface area contributed by atoms with Crippen LogP contribution in [0.1, 0.15) is 11.1 Å². The van der Waals surface area contributed by atoms with Gasteiger partial charge in [0.1, 0.15) is 0 Å². The van der Waals surface area contributed by atoms with Crippen LogP contribution in [0.25, 0.3) is 10.8 Å². The molecule has 1 fully saturated rings. The van der Waals surface area contributed by atoms with Crippen molar-refractivity contribution in [2.45, 2.75) is 11.3 Å². The van der Waals surface area contributed by atoms with Crippen molar-refractivity contribution in [1.29, 1.82) is 0 Å². The average Bonchev–Trinajstić information content (AvgIpc) is 2.84. The first kappa shape index (κ1) is 24.1. The Morgan fingerprint density at radius 3 is 2.21 bits per heavy atom. The van der Waals surface area contributed by atoms with E-state index in [-0.39, 0.29) is 12.4 Å². The van der Waals surface area contributed by atoms with Crippen molar-refractivity contribution >= 4 is 44.6 Å². The van der Waals surface area contributed by atoms with Crippen LogP contribution in [0, 0.1) is 0 Å². The molecule has 0 aliphatic carbocycles. The minimum atomic E-state index is -3.76. The highest BCUT2D eigenvalue weighted by molar-refractivity contribution is 7.93. The number of nitrogens with one attached hydrogen (secondary N) is 2. The summed E-state index contributed by atoms with van der Waals surface area (Å²) in [6.07, 6.45) is 0.749. The smallest absolute Gasteiger partial charge is 0.262 e. The quantitative estimate of drug-likeness (QED) is 0.394. The highest BCUT2D eigenvalue weighted by atomic mass is 35.5. The fourth-order valence-corrected chi connectivity index (χ4v) is 5.72. The molecular formula is C27H28ClN3O2S. The lowest BCUT2D eigenvalue weighted by atomic mass is 10.0. The van der Waals surface area contributed by atoms with E-state index in [1.165, 1.54) is 5.56 Å². The zero-order chi connectivity index (χ0) is 22.7. The molecule has 0 spiro atoms. The van der Waals surface area contributed by atoms with Crippen molar-refractivity contribution < 1.29 is 8.42 Å². The largest absolute Gasteiger partial charge is 0.368 e. The standard InChI is InChI=1S/C27H27N3O2S.ClH/c31-33(32,29-23-10-6-9-22(20-23)19-21-7-2-1-3-8-21)27-14-13-26(30-17-15-28-16-18-30)24-11-4-5-12-25(24)27;/h1-14,20,28-29H,15-19H2;1H. The summed E-state index contributed by atoms with van der Waals surface area (Å²) in [5.74, 6) is 0. The minimum absolute atomic E-state index is 0. The van der Waals surface area contributed by atoms with Crippen molar-refractivity contribution in [3.05, 3.63) is 102 Å². The monoisotopic (exact) mass is 493 g/mol. The number of halogens is 1. The fraction of sp³-hybridized carbons (Fsp3) is 0.185. The summed E-state index contributed by atoms with van der Waals surface area (Å²) >= 11 is 0. The maximum atomic E-state index is 13.4. The second-order valence-corrected chi connectivity index (χ2v) is 9.98. The molecule has 4 aromatic rings. The van der Waals surface area contributed by atoms with E-state index < -0.39 is 10.0 Å². The second-order valence-electron chi connectivity index (χ2n) is 8.33. The van der Waals surface area contributed by atoms with Crippen LogP contribution in [0.3, 0.4) is 0 Å². The predicted molar refractivity (Wildman–Crippen MR) is 143 cm³/mol. The van der Waals surface area contributed by atoms with Crippen LogP contribution in [0.15, 0.2) is 95.9 Å². The third-order valence-electron chi connectivity index (χ3n) is 6.04. The average molecular weight is 494 g/mol. The summed E-state index contributed by atoms with van der Waals surface area (Å²) in [5, 5.41) is 5.06. The number of nitrogens with zero attached hydrogens (tertiary/aromatic N) is 1. The number of sulfonamides is 1. The summed E-state index contributed by atoms with van der Waals surface area (Å²) < 4.78 is 29.7. The molecule has 1 aliphatic heterocycles. The Bertz CT molecular complexity index is 1370. The van der Waals surface area contributed by atoms with Gasteiger partial charge in [-0.2, -0.15) is 0 Å². The normalized spacial score (nSPS) is 13.9. The first-order valence-electron chi connectivity index (χ1n) is 11.2. The zero-order valence-electron chi connectivity index (χ0n) is 18.8. The van der Waals surface area contributed by atoms with Crippen LogP contribution >= 0.6 is 12.4 Å². The van der Waals surface area contributed by atoms with Crippen molar-refractivity contribution in [2.75, 3.05) is 35.8 Å². The van der Waals surface area contributed by atoms with Gasteiger partial charge in [0.2, 0.25) is 0 Å². The summed E-state index contributed by atoms with van der Waals surface area (Å²) in [5.41, 5.74) is 3.89. The second kappa shape index (κ2) is 10.5. The molecule has 5 rings (SSSR count). The van der Waals surface area contributed by atoms with Gasteiger partial charge >= 0.3 is 0 Å². The van der Waals surface area contributed by atoms with E-state index in [0.717, 1.165) is 54.6 Å². The SMILES string of the molecule is Cl.O=S(=O)(Nc1cccc(Cc2ccccc2)c1)c1ccc(N2CCNCC2)c2ccccc12. The topological polar surface area (TPSA) is 61.4 Å². The van der Waals surface area contributed by atoms with E-state index in [0.29, 0.717) is 10.6 Å². The van der Waals surface area contributed by atoms with Gasteiger partial charge in [0.25, 0.3) is 10.0 Å². The molecule has 0 radical (unpaired) electrons. The number of benzene rings is 4. The third-order valence-corrected chi connectivity index (χ3v) is 7.48. The van der Waals surface area contributed by atoms with E-state index in [4.69, 9.17) is 0 Å². The summed E-state index contributed by atoms with van der Waals surface area (Å²) in [4.78, 5) is 2.61. The Morgan fingerprint density at radius 2 is 1.44 bits per heavy atom. The van der Waals surface area contributed by atoms with Crippen molar-refractivity contribution in [3.63, 3.8) is 0 Å². The maximum absolute atomic E-state index is 13.4. The lowest BCUT2D eigenvalue weighted by molar-refractivity contribution is 0.590. The number of piperazine rings is 1. The van der Waals surface area contributed by atoms with Gasteiger partial charge in [-0.25, -0.2) is 8.42 Å². The molecule has 0 bridgehead atoms. The summed E-state index contributed by atoms with van der Waals surface area (Å²) in [6.45, 7) is 3.66. The highest BCUT2D eigenvalue weighted by Gasteiger charge is 2.21. The number of anilines is 2. The summed E-state index contributed by atoms with van der Waals surface area (Å²) in [6, 6.07) is 29.2. The highest BCUT2D eigenvalue weighted by Crippen LogP contribution is 2.33. The Kier molecular flexibility index (Phi) is 7.41. The van der Waals surface area contributed by atoms with Crippen LogP contribution in [0.4, 0.5) is 11.4 Å². The molecule has 0 saturated carbocycles. The molecule has 5 nitrogen and oxygen atoms in total. The molecule has 0 aromatic heterocycles. The molecule has 1 heterocycles. The van der Waals surface area contributed by atoms with Gasteiger partial charge in [-0.1, -0.05) is 66.7 Å². The Balaban J connectivity index is 0.00000274. The Morgan fingerprint density at radius 1 is 0.765 bits per heavy atom. The van der Waals surface area contributed by atoms with Crippen molar-refractivity contribution in [2.24, 2.45) is 0 Å². The van der Waals surface area contributed by atoms with Crippen LogP contribution in [0.2, 0.25) is 0 Å². The molecular weight excluding hydrogens is 466 g/mol. The molecule has 1 aliphatic rings. The number of rotatable bonds is 6. The maximum Gasteiger partial charge on any atom is 0.262 e. The molecule has 2 N–H and O–H groups in total. The number of fused-ring (bicyclic) bond motifs is 1. The van der Waals surface area contributed by atoms with E-state index in [2.05, 4.69) is 27.1 Å². The molecule has 4 aromatic carbocycles. The van der Waals surface area contributed by atoms with E-state index in [9.17, 15) is 8.42 Å². The molecule has 1 saturated heterocycles. The van der Waals surface area contributed by atoms with Gasteiger partial charge in [-0.3, -0.25) is 4.72 Å². The first-order valence-corrected chi connectivity index (χ1v) is 12.7. The number of hydrogen-bond acceptors (Lipinski definition) is 4. The first-order chi connectivity index (χ1) is 16.1. The van der Waals surface area contributed by atoms with Gasteiger partial charge in [0.05, 0.1) is 4.90 Å². The Labute approximate surface area is 207 Å². The van der Waals surface area contributed by atoms with Crippen LogP contribution < -0.4 is 14.9 Å². The predicted octanol–water partition coefficient (Wildman–Crippen LogP) is 5.06. The van der Waals surface area contributed by atoms with Crippen LogP contribution in [-0.4, -0.2) is 34.6 Å². The molecule has 0 atom stereocenters. The van der Waals surface area contributed by atoms with Gasteiger partial charge in [0.15, 0.2) is 0 Å². The lowest BCUT2D eigenvalue weighted by Gasteiger charge is -2.30. The minimum Gasteiger partial charge on any atom is -0.368 e. The van der Waals surface area contributed by atoms with Gasteiger partial charge < -0.3 is 10.2 Å². The van der Waals surface area contributed by atoms with Crippen LogP contribution in [0.5, 0.6) is 0 Å². The molecule has 34 heavy (non-hydrogen) atoms. The molecule has 176 valence electrons. The summed E-state index contributed by atoms with van der Waals surface area (Å²) in [7, 11) is -3.76.